The number of hydrogen-bond donors (Lipinski definition) is 1. The van der Waals surface area contributed by atoms with Crippen LogP contribution in [0.2, 0.25) is 0 Å². The van der Waals surface area contributed by atoms with Gasteiger partial charge in [0.1, 0.15) is 17.7 Å². The third-order valence-corrected chi connectivity index (χ3v) is 3.71. The lowest BCUT2D eigenvalue weighted by molar-refractivity contribution is 0.0526. The smallest absolute Gasteiger partial charge is 0.339 e. The van der Waals surface area contributed by atoms with Crippen molar-refractivity contribution in [2.45, 2.75) is 13.0 Å². The first kappa shape index (κ1) is 15.7. The largest absolute Gasteiger partial charge is 0.462 e. The first-order valence-corrected chi connectivity index (χ1v) is 7.70. The number of pyridine rings is 2. The lowest BCUT2D eigenvalue weighted by atomic mass is 10.1. The van der Waals surface area contributed by atoms with E-state index in [0.29, 0.717) is 17.7 Å². The van der Waals surface area contributed by atoms with Gasteiger partial charge in [0, 0.05) is 25.5 Å². The fourth-order valence-electron chi connectivity index (χ4n) is 2.42. The van der Waals surface area contributed by atoms with Gasteiger partial charge in [-0.3, -0.25) is 0 Å². The van der Waals surface area contributed by atoms with E-state index in [1.54, 1.807) is 31.3 Å². The summed E-state index contributed by atoms with van der Waals surface area (Å²) in [6.07, 6.45) is 3.09. The molecule has 1 aliphatic rings. The quantitative estimate of drug-likeness (QED) is 0.839. The van der Waals surface area contributed by atoms with Gasteiger partial charge in [-0.25, -0.2) is 14.8 Å². The molecule has 7 nitrogen and oxygen atoms in total. The molecule has 24 heavy (non-hydrogen) atoms. The van der Waals surface area contributed by atoms with Crippen LogP contribution in [-0.2, 0) is 4.74 Å². The molecule has 0 radical (unpaired) electrons. The number of nitriles is 1. The highest BCUT2D eigenvalue weighted by molar-refractivity contribution is 5.89. The number of carbonyl (C=O) groups is 1. The van der Waals surface area contributed by atoms with Crippen molar-refractivity contribution in [2.75, 3.05) is 29.9 Å². The second kappa shape index (κ2) is 6.96. The zero-order valence-electron chi connectivity index (χ0n) is 13.3. The average Bonchev–Trinajstić information content (AvgIpc) is 2.59. The van der Waals surface area contributed by atoms with Crippen LogP contribution in [0.15, 0.2) is 36.7 Å². The lowest BCUT2D eigenvalue weighted by Gasteiger charge is -2.40. The Labute approximate surface area is 139 Å². The molecule has 0 amide bonds. The Morgan fingerprint density at radius 3 is 2.75 bits per heavy atom. The number of rotatable bonds is 5. The molecule has 1 fully saturated rings. The van der Waals surface area contributed by atoms with E-state index in [1.807, 2.05) is 12.1 Å². The van der Waals surface area contributed by atoms with Crippen LogP contribution in [0.25, 0.3) is 0 Å². The summed E-state index contributed by atoms with van der Waals surface area (Å²) in [5.74, 6) is 1.23. The maximum absolute atomic E-state index is 11.6. The summed E-state index contributed by atoms with van der Waals surface area (Å²) in [7, 11) is 0. The Hall–Kier alpha value is -3.14. The number of hydrogen-bond acceptors (Lipinski definition) is 7. The molecule has 1 saturated heterocycles. The molecule has 0 aromatic carbocycles. The molecule has 0 saturated carbocycles. The summed E-state index contributed by atoms with van der Waals surface area (Å²) in [4.78, 5) is 22.2. The minimum atomic E-state index is -0.355. The predicted molar refractivity (Wildman–Crippen MR) is 88.8 cm³/mol. The number of carbonyl (C=O) groups excluding carboxylic acids is 1. The molecule has 1 N–H and O–H groups in total. The van der Waals surface area contributed by atoms with Crippen LogP contribution < -0.4 is 10.2 Å². The fraction of sp³-hybridized carbons (Fsp3) is 0.294. The van der Waals surface area contributed by atoms with E-state index in [-0.39, 0.29) is 12.0 Å². The molecule has 122 valence electrons. The summed E-state index contributed by atoms with van der Waals surface area (Å²) < 4.78 is 4.94. The summed E-state index contributed by atoms with van der Waals surface area (Å²) in [5.41, 5.74) is 0.999. The molecule has 0 atom stereocenters. The Balaban J connectivity index is 1.52. The van der Waals surface area contributed by atoms with Crippen LogP contribution in [0.4, 0.5) is 11.6 Å². The predicted octanol–water partition coefficient (Wildman–Crippen LogP) is 1.83. The van der Waals surface area contributed by atoms with E-state index in [1.165, 1.54) is 6.20 Å². The maximum atomic E-state index is 11.6. The molecule has 0 spiro atoms. The van der Waals surface area contributed by atoms with Gasteiger partial charge in [0.15, 0.2) is 0 Å². The van der Waals surface area contributed by atoms with Gasteiger partial charge < -0.3 is 15.0 Å². The molecule has 3 heterocycles. The summed E-state index contributed by atoms with van der Waals surface area (Å²) >= 11 is 0. The van der Waals surface area contributed by atoms with Crippen molar-refractivity contribution in [2.24, 2.45) is 0 Å². The zero-order chi connectivity index (χ0) is 16.9. The van der Waals surface area contributed by atoms with Crippen molar-refractivity contribution in [3.05, 3.63) is 47.8 Å². The van der Waals surface area contributed by atoms with Crippen molar-refractivity contribution in [1.29, 1.82) is 5.26 Å². The average molecular weight is 323 g/mol. The van der Waals surface area contributed by atoms with Crippen molar-refractivity contribution < 1.29 is 9.53 Å². The highest BCUT2D eigenvalue weighted by Gasteiger charge is 2.28. The number of anilines is 2. The molecular weight excluding hydrogens is 306 g/mol. The van der Waals surface area contributed by atoms with Crippen LogP contribution in [0.3, 0.4) is 0 Å². The number of esters is 1. The monoisotopic (exact) mass is 323 g/mol. The molecule has 0 unspecified atom stereocenters. The van der Waals surface area contributed by atoms with E-state index in [4.69, 9.17) is 10.00 Å². The molecule has 2 aromatic rings. The van der Waals surface area contributed by atoms with Crippen molar-refractivity contribution in [3.8, 4) is 6.07 Å². The topological polar surface area (TPSA) is 91.1 Å². The van der Waals surface area contributed by atoms with E-state index in [9.17, 15) is 4.79 Å². The van der Waals surface area contributed by atoms with Gasteiger partial charge in [0.25, 0.3) is 0 Å². The van der Waals surface area contributed by atoms with E-state index < -0.39 is 0 Å². The molecule has 0 aliphatic carbocycles. The van der Waals surface area contributed by atoms with Gasteiger partial charge >= 0.3 is 5.97 Å². The molecular formula is C17H17N5O2. The lowest BCUT2D eigenvalue weighted by Crippen LogP contribution is -2.55. The van der Waals surface area contributed by atoms with Crippen molar-refractivity contribution in [1.82, 2.24) is 9.97 Å². The van der Waals surface area contributed by atoms with Crippen LogP contribution in [0, 0.1) is 11.3 Å². The molecule has 1 aliphatic heterocycles. The molecule has 3 rings (SSSR count). The standard InChI is InChI=1S/C17H17N5O2/c1-2-24-17(23)13-4-6-16(20-9-13)22-10-14(11-22)21-15-5-3-12(7-18)8-19-15/h3-6,8-9,14H,2,10-11H2,1H3,(H,19,21). The summed E-state index contributed by atoms with van der Waals surface area (Å²) in [6.45, 7) is 3.72. The normalized spacial score (nSPS) is 13.8. The Bertz CT molecular complexity index is 746. The Morgan fingerprint density at radius 1 is 1.33 bits per heavy atom. The second-order valence-corrected chi connectivity index (χ2v) is 5.42. The van der Waals surface area contributed by atoms with Gasteiger partial charge in [0.2, 0.25) is 0 Å². The van der Waals surface area contributed by atoms with E-state index >= 15 is 0 Å². The van der Waals surface area contributed by atoms with Crippen LogP contribution in [0.1, 0.15) is 22.8 Å². The second-order valence-electron chi connectivity index (χ2n) is 5.42. The minimum absolute atomic E-state index is 0.275. The van der Waals surface area contributed by atoms with Crippen molar-refractivity contribution >= 4 is 17.6 Å². The Morgan fingerprint density at radius 2 is 2.17 bits per heavy atom. The van der Waals surface area contributed by atoms with Gasteiger partial charge in [-0.05, 0) is 31.2 Å². The van der Waals surface area contributed by atoms with Gasteiger partial charge in [-0.15, -0.1) is 0 Å². The first-order chi connectivity index (χ1) is 11.7. The third-order valence-electron chi connectivity index (χ3n) is 3.71. The molecule has 0 bridgehead atoms. The third kappa shape index (κ3) is 3.43. The highest BCUT2D eigenvalue weighted by Crippen LogP contribution is 2.21. The first-order valence-electron chi connectivity index (χ1n) is 7.70. The summed E-state index contributed by atoms with van der Waals surface area (Å²) in [6, 6.07) is 9.40. The van der Waals surface area contributed by atoms with Gasteiger partial charge in [0.05, 0.1) is 23.8 Å². The van der Waals surface area contributed by atoms with E-state index in [2.05, 4.69) is 20.2 Å². The number of nitrogens with zero attached hydrogens (tertiary/aromatic N) is 4. The number of aromatic nitrogens is 2. The number of ether oxygens (including phenoxy) is 1. The summed E-state index contributed by atoms with van der Waals surface area (Å²) in [5, 5.41) is 12.1. The minimum Gasteiger partial charge on any atom is -0.462 e. The van der Waals surface area contributed by atoms with Crippen LogP contribution in [0.5, 0.6) is 0 Å². The fourth-order valence-corrected chi connectivity index (χ4v) is 2.42. The maximum Gasteiger partial charge on any atom is 0.339 e. The zero-order valence-corrected chi connectivity index (χ0v) is 13.3. The number of nitrogens with one attached hydrogen (secondary N) is 1. The highest BCUT2D eigenvalue weighted by atomic mass is 16.5. The SMILES string of the molecule is CCOC(=O)c1ccc(N2CC(Nc3ccc(C#N)cn3)C2)nc1. The molecule has 2 aromatic heterocycles. The van der Waals surface area contributed by atoms with Gasteiger partial charge in [-0.2, -0.15) is 5.26 Å². The molecule has 7 heteroatoms. The Kier molecular flexibility index (Phi) is 4.57. The van der Waals surface area contributed by atoms with E-state index in [0.717, 1.165) is 24.7 Å². The van der Waals surface area contributed by atoms with Crippen LogP contribution in [-0.4, -0.2) is 41.7 Å². The van der Waals surface area contributed by atoms with Crippen molar-refractivity contribution in [3.63, 3.8) is 0 Å². The van der Waals surface area contributed by atoms with Crippen LogP contribution >= 0.6 is 0 Å². The van der Waals surface area contributed by atoms with Gasteiger partial charge in [-0.1, -0.05) is 0 Å².